The summed E-state index contributed by atoms with van der Waals surface area (Å²) in [5.41, 5.74) is 2.28. The average Bonchev–Trinajstić information content (AvgIpc) is 2.34. The highest BCUT2D eigenvalue weighted by Crippen LogP contribution is 2.06. The molecule has 0 fully saturated rings. The van der Waals surface area contributed by atoms with Crippen molar-refractivity contribution in [3.8, 4) is 0 Å². The van der Waals surface area contributed by atoms with E-state index in [-0.39, 0.29) is 0 Å². The lowest BCUT2D eigenvalue weighted by atomic mass is 10.3. The van der Waals surface area contributed by atoms with Crippen LogP contribution >= 0.6 is 11.7 Å². The number of fused-ring (bicyclic) bond motifs is 1. The van der Waals surface area contributed by atoms with Crippen LogP contribution in [0.4, 0.5) is 0 Å². The predicted octanol–water partition coefficient (Wildman–Crippen LogP) is 1.12. The summed E-state index contributed by atoms with van der Waals surface area (Å²) in [4.78, 5) is 0. The van der Waals surface area contributed by atoms with Crippen LogP contribution in [-0.2, 0) is 7.05 Å². The van der Waals surface area contributed by atoms with E-state index in [2.05, 4.69) is 14.4 Å². The summed E-state index contributed by atoms with van der Waals surface area (Å²) in [5.74, 6) is 0. The van der Waals surface area contributed by atoms with Crippen LogP contribution in [-0.4, -0.2) is 4.37 Å². The molecule has 0 saturated heterocycles. The Labute approximate surface area is 63.0 Å². The zero-order chi connectivity index (χ0) is 6.97. The number of hydrogen-bond acceptors (Lipinski definition) is 2. The molecule has 0 spiro atoms. The van der Waals surface area contributed by atoms with Crippen LogP contribution in [0.25, 0.3) is 11.0 Å². The van der Waals surface area contributed by atoms with Crippen molar-refractivity contribution >= 4 is 22.8 Å². The number of para-hydroxylation sites is 1. The Kier molecular flexibility index (Phi) is 1.17. The van der Waals surface area contributed by atoms with E-state index in [1.807, 2.05) is 25.2 Å². The van der Waals surface area contributed by atoms with Gasteiger partial charge in [-0.3, -0.25) is 0 Å². The molecule has 1 heterocycles. The largest absolute Gasteiger partial charge is 0.277 e. The average molecular weight is 151 g/mol. The number of aryl methyl sites for hydroxylation is 1. The van der Waals surface area contributed by atoms with Crippen LogP contribution in [0.5, 0.6) is 0 Å². The molecule has 0 aliphatic carbocycles. The number of nitrogens with zero attached hydrogens (tertiary/aromatic N) is 2. The highest BCUT2D eigenvalue weighted by Gasteiger charge is 2.06. The Hall–Kier alpha value is -0.960. The third-order valence-corrected chi connectivity index (χ3v) is 2.20. The van der Waals surface area contributed by atoms with E-state index in [1.54, 1.807) is 0 Å². The van der Waals surface area contributed by atoms with E-state index < -0.39 is 0 Å². The van der Waals surface area contributed by atoms with Crippen molar-refractivity contribution in [3.05, 3.63) is 24.3 Å². The maximum Gasteiger partial charge on any atom is 0.277 e. The number of aromatic nitrogens is 2. The van der Waals surface area contributed by atoms with Gasteiger partial charge in [0.15, 0.2) is 5.52 Å². The van der Waals surface area contributed by atoms with Gasteiger partial charge >= 0.3 is 0 Å². The molecule has 1 aromatic carbocycles. The topological polar surface area (TPSA) is 16.8 Å². The zero-order valence-electron chi connectivity index (χ0n) is 5.61. The molecule has 0 radical (unpaired) electrons. The minimum absolute atomic E-state index is 1.08. The molecule has 0 amide bonds. The van der Waals surface area contributed by atoms with Crippen molar-refractivity contribution in [2.24, 2.45) is 7.05 Å². The fraction of sp³-hybridized carbons (Fsp3) is 0.143. The normalized spacial score (nSPS) is 10.5. The van der Waals surface area contributed by atoms with Gasteiger partial charge in [-0.2, -0.15) is 3.96 Å². The second-order valence-electron chi connectivity index (χ2n) is 2.16. The monoisotopic (exact) mass is 151 g/mol. The first-order valence-electron chi connectivity index (χ1n) is 3.09. The van der Waals surface area contributed by atoms with Crippen molar-refractivity contribution < 1.29 is 3.96 Å². The van der Waals surface area contributed by atoms with Crippen LogP contribution in [0.15, 0.2) is 24.3 Å². The molecule has 0 bridgehead atoms. The van der Waals surface area contributed by atoms with Gasteiger partial charge in [-0.15, -0.1) is 0 Å². The van der Waals surface area contributed by atoms with E-state index in [9.17, 15) is 0 Å². The minimum atomic E-state index is 1.08. The van der Waals surface area contributed by atoms with E-state index >= 15 is 0 Å². The summed E-state index contributed by atoms with van der Waals surface area (Å²) in [7, 11) is 2.01. The summed E-state index contributed by atoms with van der Waals surface area (Å²) < 4.78 is 6.27. The molecule has 0 saturated carbocycles. The van der Waals surface area contributed by atoms with Gasteiger partial charge < -0.3 is 0 Å². The number of benzene rings is 1. The van der Waals surface area contributed by atoms with Gasteiger partial charge in [0.25, 0.3) is 11.7 Å². The van der Waals surface area contributed by atoms with Gasteiger partial charge in [0.05, 0.1) is 7.05 Å². The molecule has 2 nitrogen and oxygen atoms in total. The predicted molar refractivity (Wildman–Crippen MR) is 40.8 cm³/mol. The summed E-state index contributed by atoms with van der Waals surface area (Å²) >= 11 is 1.48. The van der Waals surface area contributed by atoms with Crippen LogP contribution in [0, 0.1) is 0 Å². The van der Waals surface area contributed by atoms with Crippen LogP contribution in [0.2, 0.25) is 0 Å². The molecule has 2 aromatic rings. The molecule has 3 heteroatoms. The van der Waals surface area contributed by atoms with E-state index in [0.717, 1.165) is 5.52 Å². The van der Waals surface area contributed by atoms with Crippen molar-refractivity contribution in [2.45, 2.75) is 0 Å². The summed E-state index contributed by atoms with van der Waals surface area (Å²) in [6, 6.07) is 8.11. The van der Waals surface area contributed by atoms with Crippen LogP contribution < -0.4 is 3.96 Å². The first-order valence-corrected chi connectivity index (χ1v) is 3.82. The zero-order valence-corrected chi connectivity index (χ0v) is 6.43. The molecule has 0 aliphatic heterocycles. The van der Waals surface area contributed by atoms with Crippen molar-refractivity contribution in [1.29, 1.82) is 0 Å². The Bertz CT molecular complexity index is 353. The quantitative estimate of drug-likeness (QED) is 0.515. The van der Waals surface area contributed by atoms with Crippen molar-refractivity contribution in [3.63, 3.8) is 0 Å². The maximum absolute atomic E-state index is 4.22. The van der Waals surface area contributed by atoms with Crippen LogP contribution in [0.1, 0.15) is 0 Å². The van der Waals surface area contributed by atoms with Crippen molar-refractivity contribution in [2.75, 3.05) is 0 Å². The molecule has 0 aliphatic rings. The summed E-state index contributed by atoms with van der Waals surface area (Å²) in [6.07, 6.45) is 0. The highest BCUT2D eigenvalue weighted by molar-refractivity contribution is 6.95. The molecule has 0 unspecified atom stereocenters. The smallest absolute Gasteiger partial charge is 0.172 e. The first-order chi connectivity index (χ1) is 4.88. The maximum atomic E-state index is 4.22. The second-order valence-corrected chi connectivity index (χ2v) is 3.05. The summed E-state index contributed by atoms with van der Waals surface area (Å²) in [5, 5.41) is 0. The molecule has 2 rings (SSSR count). The van der Waals surface area contributed by atoms with Gasteiger partial charge in [0, 0.05) is 4.37 Å². The van der Waals surface area contributed by atoms with E-state index in [4.69, 9.17) is 0 Å². The molecular weight excluding hydrogens is 144 g/mol. The van der Waals surface area contributed by atoms with E-state index in [1.165, 1.54) is 17.2 Å². The fourth-order valence-corrected chi connectivity index (χ4v) is 1.56. The Morgan fingerprint density at radius 2 is 2.20 bits per heavy atom. The van der Waals surface area contributed by atoms with Crippen LogP contribution in [0.3, 0.4) is 0 Å². The van der Waals surface area contributed by atoms with Gasteiger partial charge in [-0.05, 0) is 12.1 Å². The fourth-order valence-electron chi connectivity index (χ4n) is 0.957. The third-order valence-electron chi connectivity index (χ3n) is 1.48. The SMILES string of the molecule is C[n+]1snc2ccccc21. The molecule has 0 atom stereocenters. The Morgan fingerprint density at radius 3 is 3.00 bits per heavy atom. The Balaban J connectivity index is 2.93. The van der Waals surface area contributed by atoms with Gasteiger partial charge in [0.2, 0.25) is 5.52 Å². The molecule has 0 N–H and O–H groups in total. The second kappa shape index (κ2) is 2.02. The molecule has 10 heavy (non-hydrogen) atoms. The molecule has 50 valence electrons. The van der Waals surface area contributed by atoms with E-state index in [0.29, 0.717) is 0 Å². The van der Waals surface area contributed by atoms with Gasteiger partial charge in [-0.1, -0.05) is 12.1 Å². The minimum Gasteiger partial charge on any atom is -0.172 e. The summed E-state index contributed by atoms with van der Waals surface area (Å²) in [6.45, 7) is 0. The highest BCUT2D eigenvalue weighted by atomic mass is 32.1. The first kappa shape index (κ1) is 5.80. The number of rotatable bonds is 0. The Morgan fingerprint density at radius 1 is 1.40 bits per heavy atom. The van der Waals surface area contributed by atoms with Crippen molar-refractivity contribution in [1.82, 2.24) is 4.37 Å². The lowest BCUT2D eigenvalue weighted by molar-refractivity contribution is -0.573. The lowest BCUT2D eigenvalue weighted by Gasteiger charge is -1.79. The molecular formula is C7H7N2S+. The number of hydrogen-bond donors (Lipinski definition) is 0. The van der Waals surface area contributed by atoms with Gasteiger partial charge in [0.1, 0.15) is 0 Å². The molecule has 1 aromatic heterocycles. The lowest BCUT2D eigenvalue weighted by Crippen LogP contribution is -2.21. The standard InChI is InChI=1S/C7H7N2S/c1-9-7-5-3-2-4-6(7)8-10-9/h2-5H,1H3/q+1. The van der Waals surface area contributed by atoms with Gasteiger partial charge in [-0.25, -0.2) is 0 Å². The third kappa shape index (κ3) is 0.708.